The van der Waals surface area contributed by atoms with Crippen molar-refractivity contribution >= 4 is 5.91 Å². The number of halogens is 1. The van der Waals surface area contributed by atoms with Gasteiger partial charge in [-0.1, -0.05) is 42.5 Å². The Morgan fingerprint density at radius 2 is 1.87 bits per heavy atom. The third-order valence-electron chi connectivity index (χ3n) is 6.63. The van der Waals surface area contributed by atoms with Crippen LogP contribution in [0.3, 0.4) is 0 Å². The van der Waals surface area contributed by atoms with E-state index in [1.54, 1.807) is 18.5 Å². The maximum atomic E-state index is 13.5. The van der Waals surface area contributed by atoms with Crippen LogP contribution in [-0.4, -0.2) is 56.7 Å². The molecule has 3 heterocycles. The van der Waals surface area contributed by atoms with E-state index in [0.29, 0.717) is 18.7 Å². The van der Waals surface area contributed by atoms with E-state index in [0.717, 1.165) is 25.5 Å². The highest BCUT2D eigenvalue weighted by atomic mass is 19.1. The lowest BCUT2D eigenvalue weighted by atomic mass is 9.71. The van der Waals surface area contributed by atoms with Crippen LogP contribution in [-0.2, 0) is 24.8 Å². The lowest BCUT2D eigenvalue weighted by Crippen LogP contribution is -2.62. The Kier molecular flexibility index (Phi) is 5.06. The van der Waals surface area contributed by atoms with Crippen LogP contribution in [0.25, 0.3) is 0 Å². The Bertz CT molecular complexity index is 1080. The fourth-order valence-corrected chi connectivity index (χ4v) is 5.14. The summed E-state index contributed by atoms with van der Waals surface area (Å²) in [7, 11) is 1.98. The van der Waals surface area contributed by atoms with E-state index in [4.69, 9.17) is 0 Å². The average molecular weight is 420 g/mol. The molecule has 6 nitrogen and oxygen atoms in total. The van der Waals surface area contributed by atoms with Gasteiger partial charge in [0.25, 0.3) is 0 Å². The van der Waals surface area contributed by atoms with Crippen molar-refractivity contribution in [2.45, 2.75) is 18.9 Å². The number of aromatic nitrogens is 3. The molecule has 31 heavy (non-hydrogen) atoms. The third kappa shape index (κ3) is 3.85. The molecule has 0 saturated carbocycles. The summed E-state index contributed by atoms with van der Waals surface area (Å²) in [4.78, 5) is 17.2. The molecule has 0 aliphatic carbocycles. The highest BCUT2D eigenvalue weighted by Gasteiger charge is 2.56. The summed E-state index contributed by atoms with van der Waals surface area (Å²) >= 11 is 0. The van der Waals surface area contributed by atoms with E-state index in [2.05, 4.69) is 39.4 Å². The van der Waals surface area contributed by atoms with Gasteiger partial charge in [-0.25, -0.2) is 4.39 Å². The number of carbonyl (C=O) groups is 1. The Morgan fingerprint density at radius 3 is 2.58 bits per heavy atom. The Balaban J connectivity index is 1.31. The molecule has 0 N–H and O–H groups in total. The molecule has 1 aromatic heterocycles. The standard InChI is InChI=1S/C24H26FN5O/c1-28-17-26-27-23(28)21-13-29(12-18-6-3-2-4-7-18)14-24(21)15-30(16-24)22(31)11-19-8-5-9-20(25)10-19/h2-10,17,21H,11-16H2,1H3. The maximum Gasteiger partial charge on any atom is 0.227 e. The number of amides is 1. The molecule has 3 aromatic rings. The van der Waals surface area contributed by atoms with Crippen LogP contribution in [0, 0.1) is 11.2 Å². The highest BCUT2D eigenvalue weighted by Crippen LogP contribution is 2.49. The van der Waals surface area contributed by atoms with Gasteiger partial charge in [0.1, 0.15) is 18.0 Å². The van der Waals surface area contributed by atoms with Gasteiger partial charge in [0.15, 0.2) is 0 Å². The van der Waals surface area contributed by atoms with Crippen molar-refractivity contribution in [2.75, 3.05) is 26.2 Å². The van der Waals surface area contributed by atoms with Gasteiger partial charge >= 0.3 is 0 Å². The minimum Gasteiger partial charge on any atom is -0.341 e. The maximum absolute atomic E-state index is 13.5. The molecule has 160 valence electrons. The zero-order chi connectivity index (χ0) is 21.4. The minimum atomic E-state index is -0.305. The fraction of sp³-hybridized carbons (Fsp3) is 0.375. The number of nitrogens with zero attached hydrogens (tertiary/aromatic N) is 5. The third-order valence-corrected chi connectivity index (χ3v) is 6.63. The summed E-state index contributed by atoms with van der Waals surface area (Å²) in [6.45, 7) is 4.10. The normalized spacial score (nSPS) is 20.2. The van der Waals surface area contributed by atoms with Crippen LogP contribution in [0.15, 0.2) is 60.9 Å². The number of likely N-dealkylation sites (tertiary alicyclic amines) is 2. The first kappa shape index (κ1) is 19.9. The molecule has 0 bridgehead atoms. The molecule has 2 aliphatic rings. The van der Waals surface area contributed by atoms with Crippen LogP contribution in [0.5, 0.6) is 0 Å². The van der Waals surface area contributed by atoms with E-state index in [-0.39, 0.29) is 29.5 Å². The van der Waals surface area contributed by atoms with Crippen molar-refractivity contribution in [2.24, 2.45) is 12.5 Å². The summed E-state index contributed by atoms with van der Waals surface area (Å²) in [5.41, 5.74) is 1.98. The van der Waals surface area contributed by atoms with Crippen LogP contribution in [0.1, 0.15) is 22.9 Å². The van der Waals surface area contributed by atoms with E-state index < -0.39 is 0 Å². The minimum absolute atomic E-state index is 0.0207. The van der Waals surface area contributed by atoms with E-state index >= 15 is 0 Å². The highest BCUT2D eigenvalue weighted by molar-refractivity contribution is 5.80. The number of rotatable bonds is 5. The van der Waals surface area contributed by atoms with Crippen molar-refractivity contribution < 1.29 is 9.18 Å². The molecule has 2 aromatic carbocycles. The number of aryl methyl sites for hydroxylation is 1. The lowest BCUT2D eigenvalue weighted by molar-refractivity contribution is -0.142. The molecule has 1 spiro atoms. The summed E-state index contributed by atoms with van der Waals surface area (Å²) in [5.74, 6) is 0.948. The smallest absolute Gasteiger partial charge is 0.227 e. The van der Waals surface area contributed by atoms with Crippen molar-refractivity contribution in [1.82, 2.24) is 24.6 Å². The predicted octanol–water partition coefficient (Wildman–Crippen LogP) is 2.62. The lowest BCUT2D eigenvalue weighted by Gasteiger charge is -2.50. The van der Waals surface area contributed by atoms with E-state index in [1.165, 1.54) is 17.7 Å². The molecule has 1 atom stereocenters. The molecular weight excluding hydrogens is 393 g/mol. The number of hydrogen-bond acceptors (Lipinski definition) is 4. The van der Waals surface area contributed by atoms with Gasteiger partial charge in [0.05, 0.1) is 6.42 Å². The molecule has 1 unspecified atom stereocenters. The molecule has 2 saturated heterocycles. The molecule has 1 amide bonds. The number of hydrogen-bond donors (Lipinski definition) is 0. The Hall–Kier alpha value is -3.06. The van der Waals surface area contributed by atoms with Crippen molar-refractivity contribution in [1.29, 1.82) is 0 Å². The average Bonchev–Trinajstić information content (AvgIpc) is 3.30. The zero-order valence-corrected chi connectivity index (χ0v) is 17.6. The summed E-state index contributed by atoms with van der Waals surface area (Å²) in [6, 6.07) is 16.8. The topological polar surface area (TPSA) is 54.3 Å². The van der Waals surface area contributed by atoms with Crippen LogP contribution in [0.4, 0.5) is 4.39 Å². The predicted molar refractivity (Wildman–Crippen MR) is 115 cm³/mol. The zero-order valence-electron chi connectivity index (χ0n) is 17.6. The first-order valence-corrected chi connectivity index (χ1v) is 10.6. The van der Waals surface area contributed by atoms with Crippen molar-refractivity contribution in [3.05, 3.63) is 83.7 Å². The second-order valence-corrected chi connectivity index (χ2v) is 8.93. The number of benzene rings is 2. The van der Waals surface area contributed by atoms with Crippen molar-refractivity contribution in [3.8, 4) is 0 Å². The second-order valence-electron chi connectivity index (χ2n) is 8.93. The molecule has 2 aliphatic heterocycles. The summed E-state index contributed by atoms with van der Waals surface area (Å²) in [6.07, 6.45) is 1.98. The molecule has 7 heteroatoms. The largest absolute Gasteiger partial charge is 0.341 e. The van der Waals surface area contributed by atoms with Crippen LogP contribution >= 0.6 is 0 Å². The van der Waals surface area contributed by atoms with Gasteiger partial charge in [0, 0.05) is 51.1 Å². The van der Waals surface area contributed by atoms with Gasteiger partial charge in [-0.15, -0.1) is 10.2 Å². The van der Waals surface area contributed by atoms with Gasteiger partial charge in [-0.05, 0) is 23.3 Å². The summed E-state index contributed by atoms with van der Waals surface area (Å²) in [5, 5.41) is 8.50. The van der Waals surface area contributed by atoms with Gasteiger partial charge in [0.2, 0.25) is 5.91 Å². The second kappa shape index (κ2) is 7.89. The van der Waals surface area contributed by atoms with E-state index in [9.17, 15) is 9.18 Å². The first-order valence-electron chi connectivity index (χ1n) is 10.6. The molecule has 5 rings (SSSR count). The van der Waals surface area contributed by atoms with Crippen molar-refractivity contribution in [3.63, 3.8) is 0 Å². The molecule has 0 radical (unpaired) electrons. The monoisotopic (exact) mass is 419 g/mol. The molecule has 2 fully saturated rings. The number of carbonyl (C=O) groups excluding carboxylic acids is 1. The van der Waals surface area contributed by atoms with Gasteiger partial charge in [-0.2, -0.15) is 0 Å². The quantitative estimate of drug-likeness (QED) is 0.638. The van der Waals surface area contributed by atoms with Crippen LogP contribution in [0.2, 0.25) is 0 Å². The van der Waals surface area contributed by atoms with E-state index in [1.807, 2.05) is 22.6 Å². The first-order chi connectivity index (χ1) is 15.0. The Labute approximate surface area is 181 Å². The fourth-order valence-electron chi connectivity index (χ4n) is 5.14. The molecular formula is C24H26FN5O. The van der Waals surface area contributed by atoms with Gasteiger partial charge in [-0.3, -0.25) is 9.69 Å². The Morgan fingerprint density at radius 1 is 1.10 bits per heavy atom. The SMILES string of the molecule is Cn1cnnc1C1CN(Cc2ccccc2)CC12CN(C(=O)Cc1cccc(F)c1)C2. The summed E-state index contributed by atoms with van der Waals surface area (Å²) < 4.78 is 15.5. The van der Waals surface area contributed by atoms with Crippen LogP contribution < -0.4 is 0 Å². The van der Waals surface area contributed by atoms with Gasteiger partial charge < -0.3 is 9.47 Å².